The molecule has 0 amide bonds. The number of rotatable bonds is 5. The molecule has 1 aliphatic heterocycles. The third-order valence-electron chi connectivity index (χ3n) is 4.16. The molecule has 1 aromatic rings. The van der Waals surface area contributed by atoms with Gasteiger partial charge in [-0.25, -0.2) is 4.39 Å². The Kier molecular flexibility index (Phi) is 5.18. The molecule has 0 atom stereocenters. The quantitative estimate of drug-likeness (QED) is 0.872. The second-order valence-corrected chi connectivity index (χ2v) is 5.96. The highest BCUT2D eigenvalue weighted by atomic mass is 19.1. The van der Waals surface area contributed by atoms with Crippen LogP contribution in [0.5, 0.6) is 11.5 Å². The lowest BCUT2D eigenvalue weighted by Gasteiger charge is -2.24. The predicted molar refractivity (Wildman–Crippen MR) is 85.6 cm³/mol. The molecule has 3 rings (SSSR count). The normalized spacial score (nSPS) is 19.0. The van der Waals surface area contributed by atoms with Gasteiger partial charge in [0.25, 0.3) is 0 Å². The van der Waals surface area contributed by atoms with Crippen LogP contribution in [0.2, 0.25) is 0 Å². The maximum absolute atomic E-state index is 13.7. The van der Waals surface area contributed by atoms with Gasteiger partial charge in [0.15, 0.2) is 11.6 Å². The standard InChI is InChI=1S/C18H22FNO3/c19-17-11-15(21)4-5-18(17)23-16-3-1-2-14(10-16)20-12-13-6-8-22-9-7-13/h2,4-5,10-11,13,20-21H,1,3,6-9,12H2. The minimum absolute atomic E-state index is 0.105. The zero-order valence-corrected chi connectivity index (χ0v) is 13.1. The van der Waals surface area contributed by atoms with Crippen LogP contribution in [0.15, 0.2) is 41.8 Å². The van der Waals surface area contributed by atoms with Gasteiger partial charge in [0.05, 0.1) is 0 Å². The van der Waals surface area contributed by atoms with Gasteiger partial charge in [-0.2, -0.15) is 0 Å². The Hall–Kier alpha value is -2.01. The molecule has 1 aromatic carbocycles. The van der Waals surface area contributed by atoms with Crippen molar-refractivity contribution in [3.8, 4) is 11.5 Å². The second kappa shape index (κ2) is 7.51. The van der Waals surface area contributed by atoms with Gasteiger partial charge in [-0.05, 0) is 43.4 Å². The van der Waals surface area contributed by atoms with Crippen molar-refractivity contribution in [2.24, 2.45) is 5.92 Å². The summed E-state index contributed by atoms with van der Waals surface area (Å²) in [4.78, 5) is 0. The molecule has 1 aliphatic carbocycles. The maximum atomic E-state index is 13.7. The lowest BCUT2D eigenvalue weighted by Crippen LogP contribution is -2.27. The van der Waals surface area contributed by atoms with Gasteiger partial charge in [0.1, 0.15) is 11.5 Å². The molecular weight excluding hydrogens is 297 g/mol. The summed E-state index contributed by atoms with van der Waals surface area (Å²) in [5.41, 5.74) is 1.02. The molecule has 0 spiro atoms. The summed E-state index contributed by atoms with van der Waals surface area (Å²) < 4.78 is 24.7. The van der Waals surface area contributed by atoms with E-state index in [4.69, 9.17) is 9.47 Å². The molecule has 1 saturated heterocycles. The Morgan fingerprint density at radius 1 is 1.30 bits per heavy atom. The summed E-state index contributed by atoms with van der Waals surface area (Å²) in [5, 5.41) is 12.7. The van der Waals surface area contributed by atoms with Crippen molar-refractivity contribution in [1.82, 2.24) is 5.32 Å². The lowest BCUT2D eigenvalue weighted by atomic mass is 10.00. The van der Waals surface area contributed by atoms with Gasteiger partial charge < -0.3 is 19.9 Å². The average molecular weight is 319 g/mol. The summed E-state index contributed by atoms with van der Waals surface area (Å²) in [6.07, 6.45) is 7.84. The van der Waals surface area contributed by atoms with Crippen LogP contribution in [0.1, 0.15) is 25.7 Å². The van der Waals surface area contributed by atoms with Gasteiger partial charge in [-0.1, -0.05) is 6.08 Å². The zero-order valence-electron chi connectivity index (χ0n) is 13.1. The predicted octanol–water partition coefficient (Wildman–Crippen LogP) is 3.49. The van der Waals surface area contributed by atoms with Crippen LogP contribution in [0.4, 0.5) is 4.39 Å². The van der Waals surface area contributed by atoms with E-state index in [9.17, 15) is 9.50 Å². The van der Waals surface area contributed by atoms with E-state index < -0.39 is 5.82 Å². The van der Waals surface area contributed by atoms with Crippen molar-refractivity contribution in [2.45, 2.75) is 25.7 Å². The number of allylic oxidation sites excluding steroid dienone is 3. The number of phenolic OH excluding ortho intramolecular Hbond substituents is 1. The molecule has 0 radical (unpaired) electrons. The van der Waals surface area contributed by atoms with Crippen molar-refractivity contribution >= 4 is 0 Å². The van der Waals surface area contributed by atoms with Crippen LogP contribution in [-0.2, 0) is 4.74 Å². The third kappa shape index (κ3) is 4.48. The monoisotopic (exact) mass is 319 g/mol. The number of nitrogens with one attached hydrogen (secondary N) is 1. The highest BCUT2D eigenvalue weighted by Crippen LogP contribution is 2.26. The first kappa shape index (κ1) is 15.9. The Balaban J connectivity index is 1.57. The topological polar surface area (TPSA) is 50.7 Å². The maximum Gasteiger partial charge on any atom is 0.169 e. The fourth-order valence-electron chi connectivity index (χ4n) is 2.80. The summed E-state index contributed by atoms with van der Waals surface area (Å²) in [6.45, 7) is 2.61. The zero-order chi connectivity index (χ0) is 16.1. The molecule has 23 heavy (non-hydrogen) atoms. The summed E-state index contributed by atoms with van der Waals surface area (Å²) >= 11 is 0. The van der Waals surface area contributed by atoms with Crippen LogP contribution in [-0.4, -0.2) is 24.9 Å². The molecule has 4 nitrogen and oxygen atoms in total. The number of phenols is 1. The van der Waals surface area contributed by atoms with Gasteiger partial charge in [-0.3, -0.25) is 0 Å². The van der Waals surface area contributed by atoms with E-state index >= 15 is 0 Å². The van der Waals surface area contributed by atoms with E-state index in [1.54, 1.807) is 0 Å². The fourth-order valence-corrected chi connectivity index (χ4v) is 2.80. The number of hydrogen-bond acceptors (Lipinski definition) is 4. The van der Waals surface area contributed by atoms with Gasteiger partial charge >= 0.3 is 0 Å². The molecular formula is C18H22FNO3. The molecule has 1 fully saturated rings. The van der Waals surface area contributed by atoms with E-state index in [0.717, 1.165) is 63.0 Å². The lowest BCUT2D eigenvalue weighted by molar-refractivity contribution is 0.0670. The fraction of sp³-hybridized carbons (Fsp3) is 0.444. The number of aromatic hydroxyl groups is 1. The largest absolute Gasteiger partial charge is 0.508 e. The summed E-state index contributed by atoms with van der Waals surface area (Å²) in [6, 6.07) is 3.92. The van der Waals surface area contributed by atoms with Crippen LogP contribution in [0.25, 0.3) is 0 Å². The summed E-state index contributed by atoms with van der Waals surface area (Å²) in [7, 11) is 0. The molecule has 2 aliphatic rings. The minimum atomic E-state index is -0.558. The number of hydrogen-bond donors (Lipinski definition) is 2. The molecule has 0 bridgehead atoms. The van der Waals surface area contributed by atoms with Crippen molar-refractivity contribution in [3.63, 3.8) is 0 Å². The number of ether oxygens (including phenoxy) is 2. The third-order valence-corrected chi connectivity index (χ3v) is 4.16. The highest BCUT2D eigenvalue weighted by molar-refractivity contribution is 5.34. The van der Waals surface area contributed by atoms with Gasteiger partial charge in [0.2, 0.25) is 0 Å². The molecule has 1 heterocycles. The van der Waals surface area contributed by atoms with Crippen molar-refractivity contribution in [1.29, 1.82) is 0 Å². The first-order chi connectivity index (χ1) is 11.2. The average Bonchev–Trinajstić information content (AvgIpc) is 2.57. The Labute approximate surface area is 135 Å². The Morgan fingerprint density at radius 2 is 2.13 bits per heavy atom. The molecule has 5 heteroatoms. The first-order valence-electron chi connectivity index (χ1n) is 8.09. The van der Waals surface area contributed by atoms with Crippen LogP contribution in [0.3, 0.4) is 0 Å². The highest BCUT2D eigenvalue weighted by Gasteiger charge is 2.15. The van der Waals surface area contributed by atoms with Gasteiger partial charge in [-0.15, -0.1) is 0 Å². The molecule has 124 valence electrons. The number of halogens is 1. The smallest absolute Gasteiger partial charge is 0.169 e. The molecule has 2 N–H and O–H groups in total. The molecule has 0 unspecified atom stereocenters. The second-order valence-electron chi connectivity index (χ2n) is 5.96. The van der Waals surface area contributed by atoms with E-state index in [0.29, 0.717) is 5.92 Å². The summed E-state index contributed by atoms with van der Waals surface area (Å²) in [5.74, 6) is 0.841. The van der Waals surface area contributed by atoms with E-state index in [2.05, 4.69) is 11.4 Å². The van der Waals surface area contributed by atoms with E-state index in [-0.39, 0.29) is 11.5 Å². The van der Waals surface area contributed by atoms with E-state index in [1.807, 2.05) is 6.08 Å². The minimum Gasteiger partial charge on any atom is -0.508 e. The Bertz CT molecular complexity index is 606. The van der Waals surface area contributed by atoms with E-state index in [1.165, 1.54) is 12.1 Å². The van der Waals surface area contributed by atoms with Crippen molar-refractivity contribution in [2.75, 3.05) is 19.8 Å². The SMILES string of the molecule is Oc1ccc(OC2=CC(NCC3CCOCC3)=CCC2)c(F)c1. The number of benzene rings is 1. The van der Waals surface area contributed by atoms with Crippen LogP contribution < -0.4 is 10.1 Å². The van der Waals surface area contributed by atoms with Crippen molar-refractivity contribution < 1.29 is 19.0 Å². The van der Waals surface area contributed by atoms with Crippen LogP contribution in [0, 0.1) is 11.7 Å². The molecule has 0 aromatic heterocycles. The van der Waals surface area contributed by atoms with Gasteiger partial charge in [0, 0.05) is 37.9 Å². The van der Waals surface area contributed by atoms with Crippen LogP contribution >= 0.6 is 0 Å². The molecule has 0 saturated carbocycles. The Morgan fingerprint density at radius 3 is 2.91 bits per heavy atom. The van der Waals surface area contributed by atoms with Crippen molar-refractivity contribution in [3.05, 3.63) is 47.6 Å². The first-order valence-corrected chi connectivity index (χ1v) is 8.09.